The molecule has 0 saturated heterocycles. The molecule has 1 aliphatic heterocycles. The Hall–Kier alpha value is -6.98. The van der Waals surface area contributed by atoms with Gasteiger partial charge >= 0.3 is 11.9 Å². The highest BCUT2D eigenvalue weighted by atomic mass is 16.6. The van der Waals surface area contributed by atoms with Crippen LogP contribution in [-0.2, 0) is 4.74 Å². The first-order valence-electron chi connectivity index (χ1n) is 16.9. The lowest BCUT2D eigenvalue weighted by atomic mass is 9.85. The van der Waals surface area contributed by atoms with Crippen LogP contribution in [0.5, 0.6) is 0 Å². The van der Waals surface area contributed by atoms with E-state index >= 15 is 0 Å². The van der Waals surface area contributed by atoms with Gasteiger partial charge in [-0.15, -0.1) is 0 Å². The van der Waals surface area contributed by atoms with Crippen molar-refractivity contribution in [2.75, 3.05) is 9.80 Å². The zero-order chi connectivity index (χ0) is 34.1. The van der Waals surface area contributed by atoms with E-state index in [0.717, 1.165) is 71.8 Å². The average molecular weight is 657 g/mol. The van der Waals surface area contributed by atoms with Crippen LogP contribution < -0.4 is 9.80 Å². The van der Waals surface area contributed by atoms with Crippen LogP contribution in [0.2, 0.25) is 0 Å². The molecule has 0 saturated carbocycles. The third-order valence-corrected chi connectivity index (χ3v) is 10.0. The fraction of sp³-hybridized carbons (Fsp3) is 0. The number of ether oxygens (including phenoxy) is 1. The first kappa shape index (κ1) is 29.0. The van der Waals surface area contributed by atoms with E-state index in [0.29, 0.717) is 16.5 Å². The molecule has 10 rings (SSSR count). The van der Waals surface area contributed by atoms with E-state index < -0.39 is 11.9 Å². The molecular weight excluding hydrogens is 629 g/mol. The summed E-state index contributed by atoms with van der Waals surface area (Å²) in [6, 6.07) is 58.3. The zero-order valence-electron chi connectivity index (χ0n) is 27.3. The van der Waals surface area contributed by atoms with Crippen LogP contribution in [0.4, 0.5) is 34.1 Å². The van der Waals surface area contributed by atoms with E-state index in [1.807, 2.05) is 30.3 Å². The predicted octanol–water partition coefficient (Wildman–Crippen LogP) is 12.0. The molecule has 0 bridgehead atoms. The molecule has 51 heavy (non-hydrogen) atoms. The molecule has 0 aliphatic carbocycles. The lowest BCUT2D eigenvalue weighted by Crippen LogP contribution is -2.19. The molecular formula is C46H28N2O3. The normalized spacial score (nSPS) is 12.5. The lowest BCUT2D eigenvalue weighted by Gasteiger charge is -2.29. The van der Waals surface area contributed by atoms with Crippen molar-refractivity contribution in [1.82, 2.24) is 0 Å². The average Bonchev–Trinajstić information content (AvgIpc) is 3.18. The molecule has 1 heterocycles. The number of esters is 2. The molecule has 0 N–H and O–H groups in total. The number of para-hydroxylation sites is 3. The summed E-state index contributed by atoms with van der Waals surface area (Å²) in [4.78, 5) is 30.2. The van der Waals surface area contributed by atoms with E-state index in [1.54, 1.807) is 12.1 Å². The van der Waals surface area contributed by atoms with E-state index in [9.17, 15) is 9.59 Å². The molecule has 5 heteroatoms. The van der Waals surface area contributed by atoms with Crippen molar-refractivity contribution in [3.8, 4) is 0 Å². The topological polar surface area (TPSA) is 49.9 Å². The monoisotopic (exact) mass is 656 g/mol. The van der Waals surface area contributed by atoms with Gasteiger partial charge in [0.1, 0.15) is 0 Å². The maximum absolute atomic E-state index is 12.8. The van der Waals surface area contributed by atoms with Crippen LogP contribution in [-0.4, -0.2) is 11.9 Å². The van der Waals surface area contributed by atoms with Crippen LogP contribution in [0.25, 0.3) is 43.1 Å². The van der Waals surface area contributed by atoms with Gasteiger partial charge in [0.25, 0.3) is 0 Å². The lowest BCUT2D eigenvalue weighted by molar-refractivity contribution is 0.0391. The largest absolute Gasteiger partial charge is 0.386 e. The fourth-order valence-electron chi connectivity index (χ4n) is 7.87. The van der Waals surface area contributed by atoms with Gasteiger partial charge in [-0.25, -0.2) is 9.59 Å². The summed E-state index contributed by atoms with van der Waals surface area (Å²) in [6.45, 7) is 0. The van der Waals surface area contributed by atoms with Gasteiger partial charge in [0.15, 0.2) is 0 Å². The molecule has 240 valence electrons. The molecule has 0 spiro atoms. The van der Waals surface area contributed by atoms with Gasteiger partial charge in [-0.3, -0.25) is 0 Å². The summed E-state index contributed by atoms with van der Waals surface area (Å²) in [5.41, 5.74) is 7.19. The smallest absolute Gasteiger partial charge is 0.346 e. The van der Waals surface area contributed by atoms with Crippen molar-refractivity contribution >= 4 is 89.2 Å². The van der Waals surface area contributed by atoms with Crippen LogP contribution in [0, 0.1) is 0 Å². The van der Waals surface area contributed by atoms with Crippen molar-refractivity contribution in [2.24, 2.45) is 0 Å². The minimum absolute atomic E-state index is 0.425. The quantitative estimate of drug-likeness (QED) is 0.0771. The third kappa shape index (κ3) is 4.42. The number of rotatable bonds is 6. The first-order chi connectivity index (χ1) is 25.2. The van der Waals surface area contributed by atoms with Gasteiger partial charge in [0, 0.05) is 39.2 Å². The van der Waals surface area contributed by atoms with E-state index in [-0.39, 0.29) is 0 Å². The number of anilines is 6. The zero-order valence-corrected chi connectivity index (χ0v) is 27.3. The number of hydrogen-bond donors (Lipinski definition) is 0. The molecule has 9 aromatic carbocycles. The van der Waals surface area contributed by atoms with Gasteiger partial charge in [-0.2, -0.15) is 0 Å². The summed E-state index contributed by atoms with van der Waals surface area (Å²) in [6.07, 6.45) is 0. The Balaban J connectivity index is 1.18. The van der Waals surface area contributed by atoms with Crippen molar-refractivity contribution in [2.45, 2.75) is 0 Å². The summed E-state index contributed by atoms with van der Waals surface area (Å²) in [7, 11) is 0. The summed E-state index contributed by atoms with van der Waals surface area (Å²) in [5, 5.41) is 7.95. The molecule has 0 unspecified atom stereocenters. The highest BCUT2D eigenvalue weighted by Crippen LogP contribution is 2.48. The Morgan fingerprint density at radius 3 is 1.27 bits per heavy atom. The van der Waals surface area contributed by atoms with Gasteiger partial charge < -0.3 is 14.5 Å². The second kappa shape index (κ2) is 11.3. The fourth-order valence-corrected chi connectivity index (χ4v) is 7.87. The van der Waals surface area contributed by atoms with Crippen LogP contribution in [0.3, 0.4) is 0 Å². The Labute approximate surface area is 293 Å². The third-order valence-electron chi connectivity index (χ3n) is 10.0. The van der Waals surface area contributed by atoms with Gasteiger partial charge in [0.2, 0.25) is 0 Å². The Kier molecular flexibility index (Phi) is 6.42. The highest BCUT2D eigenvalue weighted by molar-refractivity contribution is 6.38. The molecule has 5 nitrogen and oxygen atoms in total. The number of carbonyl (C=O) groups is 2. The molecule has 9 aromatic rings. The summed E-state index contributed by atoms with van der Waals surface area (Å²) >= 11 is 0. The first-order valence-corrected chi connectivity index (χ1v) is 16.9. The van der Waals surface area contributed by atoms with Gasteiger partial charge in [-0.1, -0.05) is 91.0 Å². The minimum Gasteiger partial charge on any atom is -0.386 e. The summed E-state index contributed by atoms with van der Waals surface area (Å²) in [5.74, 6) is -1.20. The van der Waals surface area contributed by atoms with E-state index in [1.165, 1.54) is 0 Å². The van der Waals surface area contributed by atoms with Crippen molar-refractivity contribution < 1.29 is 14.3 Å². The highest BCUT2D eigenvalue weighted by Gasteiger charge is 2.30. The van der Waals surface area contributed by atoms with E-state index in [2.05, 4.69) is 137 Å². The number of benzene rings is 9. The molecule has 0 amide bonds. The Morgan fingerprint density at radius 2 is 0.725 bits per heavy atom. The molecule has 0 atom stereocenters. The van der Waals surface area contributed by atoms with Crippen molar-refractivity contribution in [3.05, 3.63) is 181 Å². The van der Waals surface area contributed by atoms with Crippen molar-refractivity contribution in [3.63, 3.8) is 0 Å². The number of hydrogen-bond acceptors (Lipinski definition) is 5. The Bertz CT molecular complexity index is 2690. The number of cyclic esters (lactones) is 2. The Morgan fingerprint density at radius 1 is 0.314 bits per heavy atom. The second-order valence-corrected chi connectivity index (χ2v) is 12.8. The molecule has 1 aliphatic rings. The standard InChI is InChI=1S/C46H28N2O3/c49-45-39-25-23-36-34-17-10-18-38-41(28-27-35(42(34)38)37-24-26-40(46(50)51-45)44(39)43(36)37)48(31-15-8-3-9-16-31)33-21-19-32(20-22-33)47(29-11-4-1-5-12-29)30-13-6-2-7-14-30/h1-28H. The number of nitrogens with zero attached hydrogens (tertiary/aromatic N) is 2. The molecule has 0 radical (unpaired) electrons. The van der Waals surface area contributed by atoms with E-state index in [4.69, 9.17) is 4.74 Å². The SMILES string of the molecule is O=C1OC(=O)c2ccc3c4ccc(N(c5ccccc5)c5ccc(N(c6ccccc6)c6ccccc6)cc5)c5cccc(c6ccc1c2c63)c54. The molecule has 0 aromatic heterocycles. The van der Waals surface area contributed by atoms with Gasteiger partial charge in [0.05, 0.1) is 16.8 Å². The number of fused-ring (bicyclic) bond motifs is 2. The van der Waals surface area contributed by atoms with Gasteiger partial charge in [-0.05, 0) is 111 Å². The van der Waals surface area contributed by atoms with Crippen LogP contribution >= 0.6 is 0 Å². The predicted molar refractivity (Wildman–Crippen MR) is 207 cm³/mol. The molecule has 0 fully saturated rings. The van der Waals surface area contributed by atoms with Crippen molar-refractivity contribution in [1.29, 1.82) is 0 Å². The van der Waals surface area contributed by atoms with Crippen LogP contribution in [0.1, 0.15) is 20.7 Å². The summed E-state index contributed by atoms with van der Waals surface area (Å²) < 4.78 is 5.07. The maximum Gasteiger partial charge on any atom is 0.346 e. The number of carbonyl (C=O) groups excluding carboxylic acids is 2. The second-order valence-electron chi connectivity index (χ2n) is 12.8. The maximum atomic E-state index is 12.8. The van der Waals surface area contributed by atoms with Crippen LogP contribution in [0.15, 0.2) is 170 Å². The minimum atomic E-state index is -0.601.